The Bertz CT molecular complexity index is 2390. The molecule has 16 nitrogen and oxygen atoms in total. The summed E-state index contributed by atoms with van der Waals surface area (Å²) in [5, 5.41) is 21.4. The molecule has 6 aromatic rings. The van der Waals surface area contributed by atoms with Crippen molar-refractivity contribution in [3.05, 3.63) is 137 Å². The fourth-order valence-corrected chi connectivity index (χ4v) is 6.44. The minimum atomic E-state index is -4.57. The van der Waals surface area contributed by atoms with Gasteiger partial charge in [0.15, 0.2) is 0 Å². The molecule has 17 heteroatoms. The molecule has 0 bridgehead atoms. The van der Waals surface area contributed by atoms with Gasteiger partial charge in [-0.25, -0.2) is 0 Å². The third-order valence-corrected chi connectivity index (χ3v) is 9.43. The van der Waals surface area contributed by atoms with Crippen molar-refractivity contribution in [1.29, 1.82) is 0 Å². The van der Waals surface area contributed by atoms with Gasteiger partial charge >= 0.3 is 0 Å². The van der Waals surface area contributed by atoms with Gasteiger partial charge in [0.2, 0.25) is 23.8 Å². The van der Waals surface area contributed by atoms with E-state index in [1.807, 2.05) is 84.9 Å². The highest BCUT2D eigenvalue weighted by molar-refractivity contribution is 7.86. The molecule has 2 heterocycles. The highest BCUT2D eigenvalue weighted by Crippen LogP contribution is 2.23. The van der Waals surface area contributed by atoms with Gasteiger partial charge in [0, 0.05) is 44.4 Å². The minimum Gasteiger partial charge on any atom is -0.394 e. The summed E-state index contributed by atoms with van der Waals surface area (Å²) in [5.74, 6) is 2.48. The minimum absolute atomic E-state index is 0.0125. The standard InChI is InChI=1S/C42H46N10O6S/c1-43-39-47-38(50-41(51-39)45-34-9-4-2-5-10-34)29-32-18-20-33(36(27-32)59(54,55)56)19-17-30-13-15-31(16-14-30)28-37-48-40(44-21-8-23-57-25-26-58-24-22-53)52-42(49-37)46-35-11-6-3-7-12-35/h2-7,9-20,27,53H,8,21-26,28-29H2,1H3,(H,54,55,56)(H2,43,45,47,50,51)(H2,44,46,48,49,52)/b19-17+. The second kappa shape index (κ2) is 21.4. The lowest BCUT2D eigenvalue weighted by atomic mass is 10.1. The lowest BCUT2D eigenvalue weighted by Gasteiger charge is -2.11. The fraction of sp³-hybridized carbons (Fsp3) is 0.238. The summed E-state index contributed by atoms with van der Waals surface area (Å²) in [5.41, 5.74) is 4.31. The Kier molecular flexibility index (Phi) is 15.3. The van der Waals surface area contributed by atoms with Crippen LogP contribution in [0.5, 0.6) is 0 Å². The fourth-order valence-electron chi connectivity index (χ4n) is 5.71. The lowest BCUT2D eigenvalue weighted by molar-refractivity contribution is 0.0331. The first-order chi connectivity index (χ1) is 28.7. The maximum absolute atomic E-state index is 12.6. The van der Waals surface area contributed by atoms with E-state index in [1.54, 1.807) is 31.3 Å². The molecule has 0 aliphatic carbocycles. The van der Waals surface area contributed by atoms with Crippen LogP contribution in [0.3, 0.4) is 0 Å². The van der Waals surface area contributed by atoms with E-state index in [9.17, 15) is 13.0 Å². The number of ether oxygens (including phenoxy) is 2. The Balaban J connectivity index is 1.12. The number of nitrogens with zero attached hydrogens (tertiary/aromatic N) is 6. The van der Waals surface area contributed by atoms with Gasteiger partial charge in [-0.05, 0) is 59.0 Å². The third-order valence-electron chi connectivity index (χ3n) is 8.52. The molecule has 6 rings (SSSR count). The Morgan fingerprint density at radius 3 is 1.80 bits per heavy atom. The molecule has 0 atom stereocenters. The van der Waals surface area contributed by atoms with Crippen LogP contribution in [0.15, 0.2) is 108 Å². The average molecular weight is 819 g/mol. The molecule has 0 fully saturated rings. The lowest BCUT2D eigenvalue weighted by Crippen LogP contribution is -2.13. The molecular formula is C42H46N10O6S. The number of rotatable bonds is 22. The number of nitrogens with one attached hydrogen (secondary N) is 4. The van der Waals surface area contributed by atoms with E-state index in [4.69, 9.17) is 14.6 Å². The molecule has 0 saturated carbocycles. The molecular weight excluding hydrogens is 773 g/mol. The van der Waals surface area contributed by atoms with Crippen LogP contribution >= 0.6 is 0 Å². The summed E-state index contributed by atoms with van der Waals surface area (Å²) in [4.78, 5) is 27.0. The molecule has 6 N–H and O–H groups in total. The topological polar surface area (TPSA) is 219 Å². The second-order valence-electron chi connectivity index (χ2n) is 13.0. The first-order valence-electron chi connectivity index (χ1n) is 18.9. The largest absolute Gasteiger partial charge is 0.394 e. The zero-order valence-electron chi connectivity index (χ0n) is 32.5. The molecule has 0 spiro atoms. The van der Waals surface area contributed by atoms with Crippen molar-refractivity contribution in [2.75, 3.05) is 67.9 Å². The molecule has 2 aromatic heterocycles. The van der Waals surface area contributed by atoms with E-state index in [-0.39, 0.29) is 17.9 Å². The van der Waals surface area contributed by atoms with Gasteiger partial charge in [-0.3, -0.25) is 4.55 Å². The molecule has 4 aromatic carbocycles. The number of para-hydroxylation sites is 2. The molecule has 0 aliphatic heterocycles. The van der Waals surface area contributed by atoms with Crippen molar-refractivity contribution in [2.45, 2.75) is 24.2 Å². The summed E-state index contributed by atoms with van der Waals surface area (Å²) >= 11 is 0. The van der Waals surface area contributed by atoms with Crippen LogP contribution in [0.2, 0.25) is 0 Å². The average Bonchev–Trinajstić information content (AvgIpc) is 3.23. The van der Waals surface area contributed by atoms with Crippen LogP contribution in [0.4, 0.5) is 35.2 Å². The van der Waals surface area contributed by atoms with Crippen LogP contribution in [-0.4, -0.2) is 94.6 Å². The maximum atomic E-state index is 12.6. The number of aliphatic hydroxyl groups is 1. The third kappa shape index (κ3) is 13.6. The predicted molar refractivity (Wildman–Crippen MR) is 228 cm³/mol. The second-order valence-corrected chi connectivity index (χ2v) is 14.4. The van der Waals surface area contributed by atoms with Crippen molar-refractivity contribution in [3.63, 3.8) is 0 Å². The van der Waals surface area contributed by atoms with Crippen LogP contribution in [0.1, 0.15) is 40.3 Å². The van der Waals surface area contributed by atoms with Gasteiger partial charge in [-0.1, -0.05) is 84.9 Å². The van der Waals surface area contributed by atoms with Crippen LogP contribution in [0.25, 0.3) is 12.2 Å². The molecule has 0 aliphatic rings. The number of aliphatic hydroxyl groups excluding tert-OH is 1. The van der Waals surface area contributed by atoms with E-state index >= 15 is 0 Å². The Hall–Kier alpha value is -6.37. The Morgan fingerprint density at radius 1 is 0.627 bits per heavy atom. The summed E-state index contributed by atoms with van der Waals surface area (Å²) in [6, 6.07) is 31.6. The highest BCUT2D eigenvalue weighted by atomic mass is 32.2. The number of anilines is 6. The first kappa shape index (κ1) is 42.2. The zero-order chi connectivity index (χ0) is 41.3. The van der Waals surface area contributed by atoms with Gasteiger partial charge in [0.05, 0.1) is 26.4 Å². The molecule has 59 heavy (non-hydrogen) atoms. The SMILES string of the molecule is CNc1nc(Cc2ccc(/C=C/c3ccc(Cc4nc(NCCCOCCOCCO)nc(Nc5ccccc5)n4)cc3)c(S(=O)(=O)O)c2)nc(Nc2ccccc2)n1. The van der Waals surface area contributed by atoms with Crippen molar-refractivity contribution < 1.29 is 27.6 Å². The highest BCUT2D eigenvalue weighted by Gasteiger charge is 2.17. The molecule has 306 valence electrons. The van der Waals surface area contributed by atoms with Crippen LogP contribution in [0, 0.1) is 0 Å². The van der Waals surface area contributed by atoms with E-state index in [2.05, 4.69) is 51.2 Å². The summed E-state index contributed by atoms with van der Waals surface area (Å²) in [7, 11) is -2.88. The number of benzene rings is 4. The normalized spacial score (nSPS) is 11.4. The van der Waals surface area contributed by atoms with E-state index in [1.165, 1.54) is 6.07 Å². The monoisotopic (exact) mass is 818 g/mol. The van der Waals surface area contributed by atoms with Gasteiger partial charge in [-0.15, -0.1) is 0 Å². The van der Waals surface area contributed by atoms with E-state index in [0.717, 1.165) is 28.9 Å². The van der Waals surface area contributed by atoms with Gasteiger partial charge in [-0.2, -0.15) is 38.3 Å². The number of hydrogen-bond donors (Lipinski definition) is 6. The Morgan fingerprint density at radius 2 is 1.19 bits per heavy atom. The molecule has 0 saturated heterocycles. The molecule has 0 radical (unpaired) electrons. The van der Waals surface area contributed by atoms with Crippen LogP contribution in [-0.2, 0) is 32.4 Å². The number of hydrogen-bond acceptors (Lipinski definition) is 15. The van der Waals surface area contributed by atoms with Gasteiger partial charge in [0.1, 0.15) is 16.5 Å². The van der Waals surface area contributed by atoms with Crippen molar-refractivity contribution >= 4 is 57.4 Å². The van der Waals surface area contributed by atoms with Crippen molar-refractivity contribution in [3.8, 4) is 0 Å². The summed E-state index contributed by atoms with van der Waals surface area (Å²) in [6.07, 6.45) is 4.76. The first-order valence-corrected chi connectivity index (χ1v) is 20.4. The summed E-state index contributed by atoms with van der Waals surface area (Å²) in [6.45, 7) is 2.27. The number of aromatic nitrogens is 6. The van der Waals surface area contributed by atoms with Crippen molar-refractivity contribution in [1.82, 2.24) is 29.9 Å². The quantitative estimate of drug-likeness (QED) is 0.0262. The maximum Gasteiger partial charge on any atom is 0.295 e. The Labute approximate surface area is 343 Å². The zero-order valence-corrected chi connectivity index (χ0v) is 33.3. The predicted octanol–water partition coefficient (Wildman–Crippen LogP) is 6.01. The smallest absolute Gasteiger partial charge is 0.295 e. The van der Waals surface area contributed by atoms with E-state index in [0.29, 0.717) is 86.0 Å². The summed E-state index contributed by atoms with van der Waals surface area (Å²) < 4.78 is 46.1. The van der Waals surface area contributed by atoms with Gasteiger partial charge < -0.3 is 35.8 Å². The van der Waals surface area contributed by atoms with Gasteiger partial charge in [0.25, 0.3) is 10.1 Å². The molecule has 0 unspecified atom stereocenters. The van der Waals surface area contributed by atoms with Crippen LogP contribution < -0.4 is 21.3 Å². The van der Waals surface area contributed by atoms with E-state index < -0.39 is 10.1 Å². The molecule has 0 amide bonds. The van der Waals surface area contributed by atoms with Crippen molar-refractivity contribution in [2.24, 2.45) is 0 Å².